The fourth-order valence-electron chi connectivity index (χ4n) is 7.74. The quantitative estimate of drug-likeness (QED) is 0.148. The van der Waals surface area contributed by atoms with Crippen LogP contribution in [-0.4, -0.2) is 141 Å². The Morgan fingerprint density at radius 1 is 0.754 bits per heavy atom. The Labute approximate surface area is 325 Å². The van der Waals surface area contributed by atoms with Gasteiger partial charge in [-0.1, -0.05) is 6.07 Å². The molecular formula is C38H44O19. The smallest absolute Gasteiger partial charge is 0.232 e. The second-order valence-electron chi connectivity index (χ2n) is 14.0. The van der Waals surface area contributed by atoms with Gasteiger partial charge in [-0.3, -0.25) is 0 Å². The second kappa shape index (κ2) is 15.6. The summed E-state index contributed by atoms with van der Waals surface area (Å²) in [6, 6.07) is 9.50. The summed E-state index contributed by atoms with van der Waals surface area (Å²) < 4.78 is 76.5. The minimum Gasteiger partial charge on any atom is -0.504 e. The Hall–Kier alpha value is -4.70. The average molecular weight is 805 g/mol. The fraction of sp³-hybridized carbons (Fsp3) is 0.526. The molecule has 11 atom stereocenters. The van der Waals surface area contributed by atoms with Crippen LogP contribution in [0.15, 0.2) is 36.4 Å². The molecule has 0 amide bonds. The third-order valence-electron chi connectivity index (χ3n) is 10.8. The summed E-state index contributed by atoms with van der Waals surface area (Å²) in [6.45, 7) is -1.10. The molecule has 0 aromatic heterocycles. The van der Waals surface area contributed by atoms with Gasteiger partial charge in [0.15, 0.2) is 58.6 Å². The van der Waals surface area contributed by atoms with Crippen molar-refractivity contribution in [2.45, 2.75) is 60.9 Å². The van der Waals surface area contributed by atoms with Gasteiger partial charge < -0.3 is 92.2 Å². The maximum atomic E-state index is 12.1. The van der Waals surface area contributed by atoms with Crippen LogP contribution >= 0.6 is 0 Å². The van der Waals surface area contributed by atoms with Gasteiger partial charge in [0.2, 0.25) is 30.3 Å². The highest BCUT2D eigenvalue weighted by molar-refractivity contribution is 5.66. The van der Waals surface area contributed by atoms with Crippen molar-refractivity contribution >= 4 is 0 Å². The van der Waals surface area contributed by atoms with Crippen LogP contribution in [0, 0.1) is 5.92 Å². The van der Waals surface area contributed by atoms with Gasteiger partial charge in [0.1, 0.15) is 30.2 Å². The lowest BCUT2D eigenvalue weighted by Crippen LogP contribution is -2.59. The standard InChI is InChI=1S/C38H44O19/c1-45-20-9-23-22(54-27(31(55-23)16-5-6-19(40)21(7-16)46-2)13-49-36-30(43)29(42)28(41)26(11-39)56-36)8-17(20)32-18-12-50-37(38(18,44)14-51-32)57-34-24(47-3)10-25-33(35(34)48-4)53-15-52-25/h5-10,18,26-32,36-37,39-44H,11-15H2,1-4H3. The summed E-state index contributed by atoms with van der Waals surface area (Å²) in [4.78, 5) is 0. The van der Waals surface area contributed by atoms with E-state index in [2.05, 4.69) is 0 Å². The Morgan fingerprint density at radius 2 is 1.51 bits per heavy atom. The third kappa shape index (κ3) is 6.71. The van der Waals surface area contributed by atoms with Crippen molar-refractivity contribution in [2.75, 3.05) is 61.7 Å². The monoisotopic (exact) mass is 804 g/mol. The van der Waals surface area contributed by atoms with Gasteiger partial charge in [-0.25, -0.2) is 0 Å². The first-order valence-corrected chi connectivity index (χ1v) is 18.0. The molecule has 0 spiro atoms. The lowest BCUT2D eigenvalue weighted by atomic mass is 9.85. The molecule has 5 aliphatic rings. The SMILES string of the molecule is COc1cc(C2Oc3cc(OC)c(C4OCC5(O)C(Oc6c(OC)cc7c(c6OC)OCO7)OCC45)cc3OC2COC2OC(CO)C(O)C(O)C2O)ccc1O. The van der Waals surface area contributed by atoms with Crippen molar-refractivity contribution in [3.8, 4) is 57.5 Å². The van der Waals surface area contributed by atoms with Crippen molar-refractivity contribution in [1.82, 2.24) is 0 Å². The highest BCUT2D eigenvalue weighted by atomic mass is 16.7. The number of hydrogen-bond acceptors (Lipinski definition) is 19. The van der Waals surface area contributed by atoms with Crippen LogP contribution in [0.3, 0.4) is 0 Å². The van der Waals surface area contributed by atoms with E-state index < -0.39 is 73.4 Å². The molecule has 3 aromatic rings. The number of benzene rings is 3. The minimum absolute atomic E-state index is 0.0185. The van der Waals surface area contributed by atoms with Crippen LogP contribution in [-0.2, 0) is 18.9 Å². The van der Waals surface area contributed by atoms with E-state index in [-0.39, 0.29) is 66.9 Å². The van der Waals surface area contributed by atoms with Crippen molar-refractivity contribution in [3.63, 3.8) is 0 Å². The number of fused-ring (bicyclic) bond motifs is 3. The molecule has 0 aliphatic carbocycles. The fourth-order valence-corrected chi connectivity index (χ4v) is 7.74. The maximum Gasteiger partial charge on any atom is 0.232 e. The first-order valence-electron chi connectivity index (χ1n) is 18.0. The number of hydrogen-bond donors (Lipinski definition) is 6. The number of aliphatic hydroxyl groups excluding tert-OH is 4. The molecular weight excluding hydrogens is 760 g/mol. The zero-order chi connectivity index (χ0) is 40.2. The van der Waals surface area contributed by atoms with Crippen molar-refractivity contribution in [3.05, 3.63) is 47.5 Å². The van der Waals surface area contributed by atoms with Crippen LogP contribution in [0.25, 0.3) is 0 Å². The van der Waals surface area contributed by atoms with Gasteiger partial charge in [0, 0.05) is 23.3 Å². The minimum atomic E-state index is -1.66. The summed E-state index contributed by atoms with van der Waals surface area (Å²) in [5, 5.41) is 63.3. The Kier molecular flexibility index (Phi) is 10.7. The number of aliphatic hydroxyl groups is 5. The second-order valence-corrected chi connectivity index (χ2v) is 14.0. The van der Waals surface area contributed by atoms with E-state index in [9.17, 15) is 30.6 Å². The predicted molar refractivity (Wildman–Crippen MR) is 188 cm³/mol. The molecule has 57 heavy (non-hydrogen) atoms. The molecule has 19 heteroatoms. The Morgan fingerprint density at radius 3 is 2.25 bits per heavy atom. The summed E-state index contributed by atoms with van der Waals surface area (Å²) in [6.07, 6.45) is -11.4. The zero-order valence-corrected chi connectivity index (χ0v) is 31.3. The van der Waals surface area contributed by atoms with E-state index in [1.807, 2.05) is 0 Å². The highest BCUT2D eigenvalue weighted by Gasteiger charge is 2.61. The van der Waals surface area contributed by atoms with E-state index in [1.54, 1.807) is 30.3 Å². The highest BCUT2D eigenvalue weighted by Crippen LogP contribution is 2.56. The summed E-state index contributed by atoms with van der Waals surface area (Å²) in [5.74, 6) is 1.62. The molecule has 0 radical (unpaired) electrons. The summed E-state index contributed by atoms with van der Waals surface area (Å²) in [5.41, 5.74) is -0.628. The molecule has 5 heterocycles. The van der Waals surface area contributed by atoms with Crippen LogP contribution < -0.4 is 42.6 Å². The normalized spacial score (nSPS) is 32.4. The van der Waals surface area contributed by atoms with Crippen molar-refractivity contribution in [1.29, 1.82) is 0 Å². The summed E-state index contributed by atoms with van der Waals surface area (Å²) >= 11 is 0. The molecule has 310 valence electrons. The van der Waals surface area contributed by atoms with Crippen LogP contribution in [0.2, 0.25) is 0 Å². The van der Waals surface area contributed by atoms with Crippen LogP contribution in [0.5, 0.6) is 57.5 Å². The first kappa shape index (κ1) is 39.1. The van der Waals surface area contributed by atoms with Gasteiger partial charge in [-0.2, -0.15) is 0 Å². The van der Waals surface area contributed by atoms with Gasteiger partial charge in [-0.15, -0.1) is 0 Å². The van der Waals surface area contributed by atoms with Crippen LogP contribution in [0.4, 0.5) is 0 Å². The molecule has 19 nitrogen and oxygen atoms in total. The molecule has 3 aromatic carbocycles. The summed E-state index contributed by atoms with van der Waals surface area (Å²) in [7, 11) is 5.77. The van der Waals surface area contributed by atoms with Crippen molar-refractivity contribution < 1.29 is 92.2 Å². The van der Waals surface area contributed by atoms with E-state index in [0.717, 1.165) is 0 Å². The Bertz CT molecular complexity index is 1940. The molecule has 0 bridgehead atoms. The van der Waals surface area contributed by atoms with Gasteiger partial charge >= 0.3 is 0 Å². The molecule has 8 rings (SSSR count). The Balaban J connectivity index is 1.08. The van der Waals surface area contributed by atoms with E-state index in [0.29, 0.717) is 28.4 Å². The molecule has 3 fully saturated rings. The number of phenolic OH excluding ortho intramolecular Hbond substituents is 1. The largest absolute Gasteiger partial charge is 0.504 e. The van der Waals surface area contributed by atoms with E-state index in [4.69, 9.17) is 61.6 Å². The molecule has 3 saturated heterocycles. The van der Waals surface area contributed by atoms with Crippen LogP contribution in [0.1, 0.15) is 23.3 Å². The van der Waals surface area contributed by atoms with Gasteiger partial charge in [0.05, 0.1) is 66.9 Å². The van der Waals surface area contributed by atoms with Gasteiger partial charge in [-0.05, 0) is 18.2 Å². The average Bonchev–Trinajstić information content (AvgIpc) is 3.92. The molecule has 5 aliphatic heterocycles. The van der Waals surface area contributed by atoms with E-state index in [1.165, 1.54) is 34.5 Å². The molecule has 0 saturated carbocycles. The third-order valence-corrected chi connectivity index (χ3v) is 10.8. The first-order chi connectivity index (χ1) is 27.5. The van der Waals surface area contributed by atoms with Gasteiger partial charge in [0.25, 0.3) is 0 Å². The topological polar surface area (TPSA) is 241 Å². The lowest BCUT2D eigenvalue weighted by molar-refractivity contribution is -0.305. The number of rotatable bonds is 12. The van der Waals surface area contributed by atoms with Crippen molar-refractivity contribution in [2.24, 2.45) is 5.92 Å². The molecule has 6 N–H and O–H groups in total. The number of phenols is 1. The zero-order valence-electron chi connectivity index (χ0n) is 31.3. The lowest BCUT2D eigenvalue weighted by Gasteiger charge is -2.41. The van der Waals surface area contributed by atoms with E-state index >= 15 is 0 Å². The number of ether oxygens (including phenoxy) is 13. The molecule has 11 unspecified atom stereocenters. The predicted octanol–water partition coefficient (Wildman–Crippen LogP) is 0.707. The maximum absolute atomic E-state index is 12.1. The number of aromatic hydroxyl groups is 1. The number of methoxy groups -OCH3 is 4.